The average molecular weight is 392 g/mol. The molecule has 6 nitrogen and oxygen atoms in total. The molecular weight excluding hydrogens is 380 g/mol. The first-order valence-corrected chi connectivity index (χ1v) is 9.80. The van der Waals surface area contributed by atoms with Crippen LogP contribution in [0.5, 0.6) is 0 Å². The number of hydrogen-bond acceptors (Lipinski definition) is 7. The summed E-state index contributed by atoms with van der Waals surface area (Å²) in [5, 5.41) is 1.30. The van der Waals surface area contributed by atoms with Gasteiger partial charge >= 0.3 is 0 Å². The Hall–Kier alpha value is -2.97. The molecule has 0 unspecified atom stereocenters. The molecule has 0 saturated carbocycles. The third-order valence-corrected chi connectivity index (χ3v) is 5.75. The van der Waals surface area contributed by atoms with Gasteiger partial charge in [0, 0.05) is 18.0 Å². The van der Waals surface area contributed by atoms with Gasteiger partial charge in [-0.15, -0.1) is 0 Å². The van der Waals surface area contributed by atoms with Crippen LogP contribution < -0.4 is 10.1 Å². The summed E-state index contributed by atoms with van der Waals surface area (Å²) < 4.78 is 8.04. The van der Waals surface area contributed by atoms with Crippen LogP contribution >= 0.6 is 23.1 Å². The van der Waals surface area contributed by atoms with Crippen LogP contribution in [0.25, 0.3) is 22.1 Å². The summed E-state index contributed by atoms with van der Waals surface area (Å²) in [6, 6.07) is 13.1. The number of hydrogen-bond donors (Lipinski definition) is 0. The summed E-state index contributed by atoms with van der Waals surface area (Å²) in [4.78, 5) is 26.5. The number of rotatable bonds is 3. The van der Waals surface area contributed by atoms with Gasteiger partial charge in [0.15, 0.2) is 15.2 Å². The van der Waals surface area contributed by atoms with Crippen LogP contribution in [0.15, 0.2) is 68.1 Å². The summed E-state index contributed by atoms with van der Waals surface area (Å²) >= 11 is 2.70. The quantitative estimate of drug-likeness (QED) is 0.439. The van der Waals surface area contributed by atoms with Crippen molar-refractivity contribution in [3.8, 4) is 0 Å². The molecule has 0 amide bonds. The van der Waals surface area contributed by atoms with E-state index in [-0.39, 0.29) is 5.56 Å². The number of aromatic nitrogens is 4. The van der Waals surface area contributed by atoms with E-state index in [4.69, 9.17) is 4.42 Å². The SMILES string of the molecule is Cc1ccnc(Sc2ccc(/C=c3/sc4nc5ccccc5n4c3=O)o2)n1. The van der Waals surface area contributed by atoms with Crippen molar-refractivity contribution >= 4 is 45.2 Å². The lowest BCUT2D eigenvalue weighted by molar-refractivity contribution is 0.465. The standard InChI is InChI=1S/C19H12N4O2S2/c1-11-8-9-20-18(21-11)27-16-7-6-12(25-16)10-15-17(24)23-14-5-3-2-4-13(14)22-19(23)26-15/h2-10H,1H3/b15-10+. The van der Waals surface area contributed by atoms with Crippen molar-refractivity contribution in [3.05, 3.63) is 75.0 Å². The number of fused-ring (bicyclic) bond motifs is 3. The minimum Gasteiger partial charge on any atom is -0.450 e. The molecule has 1 aromatic carbocycles. The van der Waals surface area contributed by atoms with E-state index in [1.165, 1.54) is 23.1 Å². The Bertz CT molecular complexity index is 1400. The Morgan fingerprint density at radius 2 is 2.04 bits per heavy atom. The van der Waals surface area contributed by atoms with Gasteiger partial charge in [-0.25, -0.2) is 19.4 Å². The first-order valence-electron chi connectivity index (χ1n) is 8.16. The number of benzene rings is 1. The fourth-order valence-electron chi connectivity index (χ4n) is 2.77. The predicted molar refractivity (Wildman–Crippen MR) is 105 cm³/mol. The number of thiazole rings is 1. The second-order valence-corrected chi connectivity index (χ2v) is 7.85. The first kappa shape index (κ1) is 16.2. The van der Waals surface area contributed by atoms with E-state index >= 15 is 0 Å². The van der Waals surface area contributed by atoms with Crippen molar-refractivity contribution in [1.82, 2.24) is 19.4 Å². The molecule has 0 aliphatic rings. The van der Waals surface area contributed by atoms with Crippen LogP contribution in [0.4, 0.5) is 0 Å². The Morgan fingerprint density at radius 3 is 2.93 bits per heavy atom. The lowest BCUT2D eigenvalue weighted by Gasteiger charge is -1.96. The fourth-order valence-corrected chi connectivity index (χ4v) is 4.50. The largest absolute Gasteiger partial charge is 0.450 e. The summed E-state index contributed by atoms with van der Waals surface area (Å²) in [6.45, 7) is 1.92. The number of furan rings is 1. The lowest BCUT2D eigenvalue weighted by atomic mass is 10.3. The molecule has 27 heavy (non-hydrogen) atoms. The highest BCUT2D eigenvalue weighted by atomic mass is 32.2. The maximum atomic E-state index is 12.8. The molecule has 0 N–H and O–H groups in total. The van der Waals surface area contributed by atoms with E-state index < -0.39 is 0 Å². The molecule has 0 radical (unpaired) electrons. The molecule has 0 saturated heterocycles. The minimum absolute atomic E-state index is 0.0867. The van der Waals surface area contributed by atoms with Gasteiger partial charge in [-0.3, -0.25) is 4.79 Å². The topological polar surface area (TPSA) is 73.3 Å². The molecule has 132 valence electrons. The van der Waals surface area contributed by atoms with E-state index in [9.17, 15) is 4.79 Å². The lowest BCUT2D eigenvalue weighted by Crippen LogP contribution is -2.22. The molecule has 4 heterocycles. The zero-order valence-corrected chi connectivity index (χ0v) is 15.8. The summed E-state index contributed by atoms with van der Waals surface area (Å²) in [6.07, 6.45) is 3.47. The number of nitrogens with zero attached hydrogens (tertiary/aromatic N) is 4. The minimum atomic E-state index is -0.0867. The maximum absolute atomic E-state index is 12.8. The highest BCUT2D eigenvalue weighted by molar-refractivity contribution is 7.99. The summed E-state index contributed by atoms with van der Waals surface area (Å²) in [5.41, 5.74) is 2.45. The van der Waals surface area contributed by atoms with Gasteiger partial charge in [-0.2, -0.15) is 0 Å². The molecule has 0 aliphatic carbocycles. The monoisotopic (exact) mass is 392 g/mol. The fraction of sp³-hybridized carbons (Fsp3) is 0.0526. The maximum Gasteiger partial charge on any atom is 0.275 e. The molecule has 0 aliphatic heterocycles. The third-order valence-electron chi connectivity index (χ3n) is 3.99. The van der Waals surface area contributed by atoms with Gasteiger partial charge in [0.05, 0.1) is 11.0 Å². The van der Waals surface area contributed by atoms with Crippen molar-refractivity contribution < 1.29 is 4.42 Å². The van der Waals surface area contributed by atoms with Crippen molar-refractivity contribution in [2.45, 2.75) is 17.2 Å². The smallest absolute Gasteiger partial charge is 0.275 e. The van der Waals surface area contributed by atoms with Crippen LogP contribution in [0, 0.1) is 6.92 Å². The zero-order chi connectivity index (χ0) is 18.4. The predicted octanol–water partition coefficient (Wildman–Crippen LogP) is 3.30. The van der Waals surface area contributed by atoms with Gasteiger partial charge in [0.1, 0.15) is 10.3 Å². The van der Waals surface area contributed by atoms with Gasteiger partial charge in [0.25, 0.3) is 5.56 Å². The van der Waals surface area contributed by atoms with E-state index in [0.29, 0.717) is 25.5 Å². The molecule has 5 aromatic rings. The highest BCUT2D eigenvalue weighted by Gasteiger charge is 2.11. The average Bonchev–Trinajstić information content (AvgIpc) is 3.31. The van der Waals surface area contributed by atoms with Crippen molar-refractivity contribution in [2.75, 3.05) is 0 Å². The molecule has 8 heteroatoms. The van der Waals surface area contributed by atoms with Crippen LogP contribution in [-0.4, -0.2) is 19.4 Å². The summed E-state index contributed by atoms with van der Waals surface area (Å²) in [5.74, 6) is 0.607. The second kappa shape index (κ2) is 6.33. The van der Waals surface area contributed by atoms with Gasteiger partial charge in [-0.1, -0.05) is 23.5 Å². The van der Waals surface area contributed by atoms with E-state index in [1.807, 2.05) is 49.4 Å². The molecule has 0 spiro atoms. The van der Waals surface area contributed by atoms with Gasteiger partial charge in [-0.05, 0) is 49.0 Å². The van der Waals surface area contributed by atoms with E-state index in [0.717, 1.165) is 16.7 Å². The Balaban J connectivity index is 1.53. The molecule has 0 fully saturated rings. The Kier molecular flexibility index (Phi) is 3.80. The van der Waals surface area contributed by atoms with Crippen LogP contribution in [-0.2, 0) is 0 Å². The number of para-hydroxylation sites is 2. The molecule has 4 aromatic heterocycles. The Labute approximate surface area is 161 Å². The van der Waals surface area contributed by atoms with Crippen LogP contribution in [0.1, 0.15) is 11.5 Å². The van der Waals surface area contributed by atoms with E-state index in [1.54, 1.807) is 16.7 Å². The van der Waals surface area contributed by atoms with E-state index in [2.05, 4.69) is 15.0 Å². The van der Waals surface area contributed by atoms with Crippen LogP contribution in [0.3, 0.4) is 0 Å². The number of aryl methyl sites for hydroxylation is 1. The number of imidazole rings is 1. The van der Waals surface area contributed by atoms with Crippen molar-refractivity contribution in [3.63, 3.8) is 0 Å². The normalized spacial score (nSPS) is 12.4. The Morgan fingerprint density at radius 1 is 1.15 bits per heavy atom. The first-order chi connectivity index (χ1) is 13.2. The molecular formula is C19H12N4O2S2. The van der Waals surface area contributed by atoms with Gasteiger partial charge in [0.2, 0.25) is 0 Å². The second-order valence-electron chi connectivity index (χ2n) is 5.87. The third kappa shape index (κ3) is 2.92. The van der Waals surface area contributed by atoms with Crippen molar-refractivity contribution in [1.29, 1.82) is 0 Å². The van der Waals surface area contributed by atoms with Gasteiger partial charge < -0.3 is 4.42 Å². The highest BCUT2D eigenvalue weighted by Crippen LogP contribution is 2.26. The zero-order valence-electron chi connectivity index (χ0n) is 14.1. The summed E-state index contributed by atoms with van der Waals surface area (Å²) in [7, 11) is 0. The van der Waals surface area contributed by atoms with Crippen LogP contribution in [0.2, 0.25) is 0 Å². The van der Waals surface area contributed by atoms with Crippen molar-refractivity contribution in [2.24, 2.45) is 0 Å². The molecule has 5 rings (SSSR count). The molecule has 0 atom stereocenters. The molecule has 0 bridgehead atoms.